The number of carboxylic acids is 1. The van der Waals surface area contributed by atoms with Gasteiger partial charge in [0, 0.05) is 18.2 Å². The fourth-order valence-corrected chi connectivity index (χ4v) is 2.43. The minimum absolute atomic E-state index is 0.157. The molecule has 0 atom stereocenters. The second-order valence-electron chi connectivity index (χ2n) is 3.89. The van der Waals surface area contributed by atoms with Crippen LogP contribution in [0.2, 0.25) is 0 Å². The van der Waals surface area contributed by atoms with Crippen LogP contribution >= 0.6 is 11.8 Å². The molecule has 2 rings (SSSR count). The van der Waals surface area contributed by atoms with Crippen LogP contribution in [0, 0.1) is 11.6 Å². The van der Waals surface area contributed by atoms with Crippen LogP contribution in [0.15, 0.2) is 23.4 Å². The van der Waals surface area contributed by atoms with Crippen molar-refractivity contribution in [1.82, 2.24) is 14.8 Å². The van der Waals surface area contributed by atoms with Gasteiger partial charge in [-0.05, 0) is 19.1 Å². The van der Waals surface area contributed by atoms with E-state index in [-0.39, 0.29) is 11.3 Å². The number of hydrogen-bond acceptors (Lipinski definition) is 4. The Morgan fingerprint density at radius 3 is 2.50 bits per heavy atom. The van der Waals surface area contributed by atoms with Crippen molar-refractivity contribution in [3.8, 4) is 11.4 Å². The van der Waals surface area contributed by atoms with Gasteiger partial charge in [-0.3, -0.25) is 4.79 Å². The van der Waals surface area contributed by atoms with Crippen molar-refractivity contribution >= 4 is 17.7 Å². The van der Waals surface area contributed by atoms with E-state index in [1.54, 1.807) is 4.57 Å². The second-order valence-corrected chi connectivity index (χ2v) is 4.83. The van der Waals surface area contributed by atoms with Gasteiger partial charge in [0.25, 0.3) is 0 Å². The zero-order valence-corrected chi connectivity index (χ0v) is 11.3. The fourth-order valence-electron chi connectivity index (χ4n) is 1.70. The molecular weight excluding hydrogens is 288 g/mol. The van der Waals surface area contributed by atoms with Gasteiger partial charge in [-0.1, -0.05) is 11.8 Å². The van der Waals surface area contributed by atoms with Crippen molar-refractivity contribution in [2.24, 2.45) is 0 Å². The average molecular weight is 299 g/mol. The van der Waals surface area contributed by atoms with Crippen LogP contribution < -0.4 is 0 Å². The van der Waals surface area contributed by atoms with E-state index in [9.17, 15) is 13.6 Å². The van der Waals surface area contributed by atoms with Gasteiger partial charge in [0.2, 0.25) is 0 Å². The normalized spacial score (nSPS) is 10.8. The number of hydrogen-bond donors (Lipinski definition) is 1. The van der Waals surface area contributed by atoms with Crippen molar-refractivity contribution in [3.05, 3.63) is 29.8 Å². The van der Waals surface area contributed by atoms with E-state index in [0.717, 1.165) is 30.0 Å². The summed E-state index contributed by atoms with van der Waals surface area (Å²) in [6, 6.07) is 3.09. The molecule has 1 aromatic carbocycles. The highest BCUT2D eigenvalue weighted by Gasteiger charge is 2.15. The lowest BCUT2D eigenvalue weighted by Gasteiger charge is -2.06. The SMILES string of the molecule is CCn1c(SCC(=O)O)nnc1-c1cc(F)cc(F)c1. The van der Waals surface area contributed by atoms with E-state index in [1.807, 2.05) is 6.92 Å². The highest BCUT2D eigenvalue weighted by molar-refractivity contribution is 7.99. The molecule has 0 spiro atoms. The maximum absolute atomic E-state index is 13.2. The summed E-state index contributed by atoms with van der Waals surface area (Å²) in [5, 5.41) is 16.8. The van der Waals surface area contributed by atoms with Crippen LogP contribution in [-0.4, -0.2) is 31.6 Å². The molecule has 8 heteroatoms. The molecule has 0 saturated heterocycles. The minimum Gasteiger partial charge on any atom is -0.481 e. The number of halogens is 2. The predicted octanol–water partition coefficient (Wildman–Crippen LogP) is 2.42. The molecule has 0 unspecified atom stereocenters. The first kappa shape index (κ1) is 14.4. The first-order valence-corrected chi connectivity index (χ1v) is 6.74. The number of nitrogens with zero attached hydrogens (tertiary/aromatic N) is 3. The molecule has 0 bridgehead atoms. The third kappa shape index (κ3) is 3.13. The van der Waals surface area contributed by atoms with E-state index in [2.05, 4.69) is 10.2 Å². The van der Waals surface area contributed by atoms with Gasteiger partial charge >= 0.3 is 5.97 Å². The summed E-state index contributed by atoms with van der Waals surface area (Å²) in [7, 11) is 0. The molecule has 0 aliphatic carbocycles. The van der Waals surface area contributed by atoms with E-state index in [4.69, 9.17) is 5.11 Å². The zero-order valence-electron chi connectivity index (χ0n) is 10.5. The van der Waals surface area contributed by atoms with Gasteiger partial charge in [-0.15, -0.1) is 10.2 Å². The first-order chi connectivity index (χ1) is 9.51. The number of rotatable bonds is 5. The first-order valence-electron chi connectivity index (χ1n) is 5.75. The topological polar surface area (TPSA) is 68.0 Å². The van der Waals surface area contributed by atoms with Gasteiger partial charge < -0.3 is 9.67 Å². The second kappa shape index (κ2) is 6.00. The Balaban J connectivity index is 2.39. The van der Waals surface area contributed by atoms with Gasteiger partial charge in [0.15, 0.2) is 11.0 Å². The van der Waals surface area contributed by atoms with Crippen LogP contribution in [0.5, 0.6) is 0 Å². The molecule has 1 N–H and O–H groups in total. The largest absolute Gasteiger partial charge is 0.481 e. The van der Waals surface area contributed by atoms with Crippen molar-refractivity contribution < 1.29 is 18.7 Å². The van der Waals surface area contributed by atoms with Crippen molar-refractivity contribution in [2.45, 2.75) is 18.6 Å². The summed E-state index contributed by atoms with van der Waals surface area (Å²) < 4.78 is 28.1. The summed E-state index contributed by atoms with van der Waals surface area (Å²) in [4.78, 5) is 10.6. The van der Waals surface area contributed by atoms with Crippen LogP contribution in [-0.2, 0) is 11.3 Å². The molecule has 2 aromatic rings. The van der Waals surface area contributed by atoms with E-state index in [0.29, 0.717) is 17.5 Å². The third-order valence-electron chi connectivity index (χ3n) is 2.48. The lowest BCUT2D eigenvalue weighted by molar-refractivity contribution is -0.133. The smallest absolute Gasteiger partial charge is 0.313 e. The van der Waals surface area contributed by atoms with Gasteiger partial charge in [0.1, 0.15) is 11.6 Å². The van der Waals surface area contributed by atoms with Crippen LogP contribution in [0.25, 0.3) is 11.4 Å². The molecule has 5 nitrogen and oxygen atoms in total. The number of aromatic nitrogens is 3. The highest BCUT2D eigenvalue weighted by Crippen LogP contribution is 2.25. The number of thioether (sulfide) groups is 1. The van der Waals surface area contributed by atoms with Gasteiger partial charge in [0.05, 0.1) is 5.75 Å². The monoisotopic (exact) mass is 299 g/mol. The number of carbonyl (C=O) groups is 1. The number of aliphatic carboxylic acids is 1. The maximum atomic E-state index is 13.2. The summed E-state index contributed by atoms with van der Waals surface area (Å²) >= 11 is 1.01. The molecule has 0 aliphatic heterocycles. The minimum atomic E-state index is -0.973. The van der Waals surface area contributed by atoms with Crippen LogP contribution in [0.3, 0.4) is 0 Å². The summed E-state index contributed by atoms with van der Waals surface area (Å²) in [6.45, 7) is 2.27. The van der Waals surface area contributed by atoms with Crippen molar-refractivity contribution in [3.63, 3.8) is 0 Å². The molecule has 0 aliphatic rings. The molecule has 106 valence electrons. The number of carboxylic acid groups (broad SMARTS) is 1. The quantitative estimate of drug-likeness (QED) is 0.859. The van der Waals surface area contributed by atoms with E-state index >= 15 is 0 Å². The van der Waals surface area contributed by atoms with Crippen molar-refractivity contribution in [2.75, 3.05) is 5.75 Å². The predicted molar refractivity (Wildman–Crippen MR) is 69.4 cm³/mol. The van der Waals surface area contributed by atoms with Crippen LogP contribution in [0.1, 0.15) is 6.92 Å². The van der Waals surface area contributed by atoms with Gasteiger partial charge in [-0.25, -0.2) is 8.78 Å². The molecule has 20 heavy (non-hydrogen) atoms. The summed E-state index contributed by atoms with van der Waals surface area (Å²) in [6.07, 6.45) is 0. The van der Waals surface area contributed by atoms with Crippen molar-refractivity contribution in [1.29, 1.82) is 0 Å². The fraction of sp³-hybridized carbons (Fsp3) is 0.250. The van der Waals surface area contributed by atoms with E-state index in [1.165, 1.54) is 0 Å². The third-order valence-corrected chi connectivity index (χ3v) is 3.43. The number of benzene rings is 1. The zero-order chi connectivity index (χ0) is 14.7. The Bertz CT molecular complexity index is 625. The maximum Gasteiger partial charge on any atom is 0.313 e. The van der Waals surface area contributed by atoms with E-state index < -0.39 is 17.6 Å². The highest BCUT2D eigenvalue weighted by atomic mass is 32.2. The molecule has 1 heterocycles. The molecule has 0 saturated carbocycles. The summed E-state index contributed by atoms with van der Waals surface area (Å²) in [5.74, 6) is -2.23. The molecular formula is C12H11F2N3O2S. The molecule has 0 radical (unpaired) electrons. The Labute approximate surface area is 117 Å². The molecule has 1 aromatic heterocycles. The lowest BCUT2D eigenvalue weighted by atomic mass is 10.2. The Kier molecular flexibility index (Phi) is 4.33. The Morgan fingerprint density at radius 2 is 1.95 bits per heavy atom. The Hall–Kier alpha value is -1.96. The van der Waals surface area contributed by atoms with Crippen LogP contribution in [0.4, 0.5) is 8.78 Å². The van der Waals surface area contributed by atoms with Gasteiger partial charge in [-0.2, -0.15) is 0 Å². The molecule has 0 fully saturated rings. The molecule has 0 amide bonds. The average Bonchev–Trinajstić information content (AvgIpc) is 2.77. The summed E-state index contributed by atoms with van der Waals surface area (Å²) in [5.41, 5.74) is 0.263. The standard InChI is InChI=1S/C12H11F2N3O2S/c1-2-17-11(7-3-8(13)5-9(14)4-7)15-16-12(17)20-6-10(18)19/h3-5H,2,6H2,1H3,(H,18,19). The Morgan fingerprint density at radius 1 is 1.30 bits per heavy atom. The lowest BCUT2D eigenvalue weighted by Crippen LogP contribution is -2.03.